The Morgan fingerprint density at radius 2 is 1.82 bits per heavy atom. The molecule has 2 aliphatic rings. The van der Waals surface area contributed by atoms with E-state index in [-0.39, 0.29) is 46.3 Å². The number of nitrogens with zero attached hydrogens (tertiary/aromatic N) is 8. The fourth-order valence-electron chi connectivity index (χ4n) is 5.83. The number of nitrogen functional groups attached to an aromatic ring is 1. The van der Waals surface area contributed by atoms with Gasteiger partial charge < -0.3 is 20.7 Å². The number of amides is 1. The third-order valence-corrected chi connectivity index (χ3v) is 8.68. The van der Waals surface area contributed by atoms with E-state index in [0.29, 0.717) is 35.3 Å². The summed E-state index contributed by atoms with van der Waals surface area (Å²) in [4.78, 5) is 31.1. The van der Waals surface area contributed by atoms with Crippen molar-refractivity contribution in [1.29, 1.82) is 0 Å². The summed E-state index contributed by atoms with van der Waals surface area (Å²) in [6.07, 6.45) is 9.82. The molecular formula is C24H28N10O4S. The van der Waals surface area contributed by atoms with E-state index >= 15 is 0 Å². The van der Waals surface area contributed by atoms with E-state index in [1.165, 1.54) is 10.8 Å². The smallest absolute Gasteiger partial charge is 0.292 e. The van der Waals surface area contributed by atoms with Gasteiger partial charge in [0.1, 0.15) is 22.6 Å². The van der Waals surface area contributed by atoms with Crippen molar-refractivity contribution in [3.8, 4) is 11.1 Å². The molecule has 4 aromatic heterocycles. The fraction of sp³-hybridized carbons (Fsp3) is 0.458. The summed E-state index contributed by atoms with van der Waals surface area (Å²) in [5.41, 5.74) is 7.16. The van der Waals surface area contributed by atoms with E-state index in [0.717, 1.165) is 19.1 Å². The number of hydrogen-bond acceptors (Lipinski definition) is 11. The molecule has 6 heterocycles. The van der Waals surface area contributed by atoms with Gasteiger partial charge in [-0.1, -0.05) is 0 Å². The normalized spacial score (nSPS) is 21.5. The van der Waals surface area contributed by atoms with Crippen LogP contribution in [0.15, 0.2) is 29.8 Å². The molecule has 0 radical (unpaired) electrons. The van der Waals surface area contributed by atoms with Crippen LogP contribution in [-0.4, -0.2) is 82.4 Å². The third-order valence-electron chi connectivity index (χ3n) is 7.52. The molecule has 4 aromatic rings. The highest BCUT2D eigenvalue weighted by Crippen LogP contribution is 2.45. The van der Waals surface area contributed by atoms with Gasteiger partial charge in [-0.25, -0.2) is 23.4 Å². The zero-order valence-electron chi connectivity index (χ0n) is 21.6. The highest BCUT2D eigenvalue weighted by Gasteiger charge is 2.46. The number of nitrogens with two attached hydrogens (primary N) is 1. The topological polar surface area (TPSA) is 198 Å². The van der Waals surface area contributed by atoms with Crippen molar-refractivity contribution >= 4 is 27.2 Å². The number of aromatic nitrogens is 8. The Morgan fingerprint density at radius 3 is 2.38 bits per heavy atom. The Hall–Kier alpha value is -3.98. The molecule has 0 spiro atoms. The number of piperidine rings is 1. The molecule has 2 saturated heterocycles. The lowest BCUT2D eigenvalue weighted by molar-refractivity contribution is 0.0556. The van der Waals surface area contributed by atoms with Gasteiger partial charge in [0.25, 0.3) is 5.91 Å². The molecule has 0 saturated carbocycles. The second kappa shape index (κ2) is 8.77. The van der Waals surface area contributed by atoms with Gasteiger partial charge >= 0.3 is 0 Å². The number of carbonyl (C=O) groups excluding carboxylic acids is 1. The average Bonchev–Trinajstić information content (AvgIpc) is 3.61. The van der Waals surface area contributed by atoms with Gasteiger partial charge in [-0.15, -0.1) is 10.2 Å². The van der Waals surface area contributed by atoms with Crippen molar-refractivity contribution in [1.82, 2.24) is 44.6 Å². The van der Waals surface area contributed by atoms with Crippen molar-refractivity contribution in [2.45, 2.75) is 68.0 Å². The van der Waals surface area contributed by atoms with Crippen LogP contribution in [0.5, 0.6) is 0 Å². The maximum absolute atomic E-state index is 13.1. The summed E-state index contributed by atoms with van der Waals surface area (Å²) < 4.78 is 27.3. The van der Waals surface area contributed by atoms with E-state index < -0.39 is 15.4 Å². The zero-order chi connectivity index (χ0) is 27.7. The Labute approximate surface area is 223 Å². The van der Waals surface area contributed by atoms with Crippen LogP contribution in [0.4, 0.5) is 5.82 Å². The number of anilines is 1. The van der Waals surface area contributed by atoms with Gasteiger partial charge in [0.15, 0.2) is 21.3 Å². The molecule has 0 aliphatic carbocycles. The SMILES string of the molecule is CC(C)(O)c1ncc(-c2cnn3c(N)c(S(C)(=O)=O)c([C@@H]4C[C@H]5CC[C@@H](C4)N5C(=O)c4nnc[nH]4)nc23)cn1. The molecule has 2 aliphatic heterocycles. The van der Waals surface area contributed by atoms with Gasteiger partial charge in [-0.2, -0.15) is 9.61 Å². The minimum atomic E-state index is -3.77. The van der Waals surface area contributed by atoms with Gasteiger partial charge in [-0.05, 0) is 39.5 Å². The fourth-order valence-corrected chi connectivity index (χ4v) is 6.88. The minimum Gasteiger partial charge on any atom is -0.382 e. The Morgan fingerprint density at radius 1 is 1.15 bits per heavy atom. The first-order chi connectivity index (χ1) is 18.4. The minimum absolute atomic E-state index is 0.0229. The molecular weight excluding hydrogens is 524 g/mol. The molecule has 2 fully saturated rings. The van der Waals surface area contributed by atoms with E-state index in [9.17, 15) is 18.3 Å². The van der Waals surface area contributed by atoms with Crippen LogP contribution in [-0.2, 0) is 15.4 Å². The number of H-pyrrole nitrogens is 1. The molecule has 3 atom stereocenters. The summed E-state index contributed by atoms with van der Waals surface area (Å²) in [5.74, 6) is -0.0255. The molecule has 0 aromatic carbocycles. The molecule has 39 heavy (non-hydrogen) atoms. The highest BCUT2D eigenvalue weighted by atomic mass is 32.2. The van der Waals surface area contributed by atoms with Gasteiger partial charge in [0.2, 0.25) is 5.82 Å². The van der Waals surface area contributed by atoms with Crippen molar-refractivity contribution in [2.24, 2.45) is 0 Å². The molecule has 6 rings (SSSR count). The lowest BCUT2D eigenvalue weighted by atomic mass is 9.87. The molecule has 204 valence electrons. The molecule has 14 nitrogen and oxygen atoms in total. The average molecular weight is 553 g/mol. The monoisotopic (exact) mass is 552 g/mol. The van der Waals surface area contributed by atoms with Crippen LogP contribution in [0.3, 0.4) is 0 Å². The van der Waals surface area contributed by atoms with E-state index in [4.69, 9.17) is 10.7 Å². The number of rotatable bonds is 5. The van der Waals surface area contributed by atoms with Crippen LogP contribution in [0, 0.1) is 0 Å². The van der Waals surface area contributed by atoms with Gasteiger partial charge in [0.05, 0.1) is 11.9 Å². The maximum Gasteiger partial charge on any atom is 0.292 e. The quantitative estimate of drug-likeness (QED) is 0.320. The number of carbonyl (C=O) groups is 1. The van der Waals surface area contributed by atoms with Crippen molar-refractivity contribution in [2.75, 3.05) is 12.0 Å². The molecule has 15 heteroatoms. The van der Waals surface area contributed by atoms with E-state index in [1.807, 2.05) is 4.90 Å². The van der Waals surface area contributed by atoms with Crippen molar-refractivity contribution in [3.63, 3.8) is 0 Å². The van der Waals surface area contributed by atoms with Crippen molar-refractivity contribution in [3.05, 3.63) is 42.3 Å². The first kappa shape index (κ1) is 25.3. The second-order valence-electron chi connectivity index (χ2n) is 10.7. The van der Waals surface area contributed by atoms with Crippen LogP contribution in [0.1, 0.15) is 67.6 Å². The van der Waals surface area contributed by atoms with Crippen LogP contribution in [0.25, 0.3) is 16.8 Å². The van der Waals surface area contributed by atoms with Gasteiger partial charge in [0, 0.05) is 47.8 Å². The Bertz CT molecular complexity index is 1660. The molecule has 2 bridgehead atoms. The number of fused-ring (bicyclic) bond motifs is 3. The lowest BCUT2D eigenvalue weighted by Gasteiger charge is -2.38. The summed E-state index contributed by atoms with van der Waals surface area (Å²) in [6.45, 7) is 3.19. The highest BCUT2D eigenvalue weighted by molar-refractivity contribution is 7.91. The maximum atomic E-state index is 13.1. The standard InChI is InChI=1S/C24H28N10O4S/c1-24(2,36)23-26-8-13(9-27-23)16-10-30-34-19(25)18(39(3,37)38)17(31-21(16)34)12-6-14-4-5-15(7-12)33(14)22(35)20-28-11-29-32-20/h8-12,14-15,36H,4-7,25H2,1-3H3,(H,28,29,32)/t12-,14-,15+. The number of hydrogen-bond donors (Lipinski definition) is 3. The molecule has 0 unspecified atom stereocenters. The number of nitrogens with one attached hydrogen (secondary N) is 1. The second-order valence-corrected chi connectivity index (χ2v) is 12.7. The third kappa shape index (κ3) is 4.21. The first-order valence-corrected chi connectivity index (χ1v) is 14.4. The summed E-state index contributed by atoms with van der Waals surface area (Å²) in [6, 6.07) is -0.185. The summed E-state index contributed by atoms with van der Waals surface area (Å²) >= 11 is 0. The van der Waals surface area contributed by atoms with Crippen LogP contribution >= 0.6 is 0 Å². The number of sulfone groups is 1. The predicted molar refractivity (Wildman–Crippen MR) is 138 cm³/mol. The summed E-state index contributed by atoms with van der Waals surface area (Å²) in [7, 11) is -3.77. The Balaban J connectivity index is 1.42. The first-order valence-electron chi connectivity index (χ1n) is 12.5. The molecule has 1 amide bonds. The predicted octanol–water partition coefficient (Wildman–Crippen LogP) is 1.07. The number of aliphatic hydroxyl groups is 1. The Kier molecular flexibility index (Phi) is 5.69. The number of aromatic amines is 1. The largest absolute Gasteiger partial charge is 0.382 e. The van der Waals surface area contributed by atoms with Crippen molar-refractivity contribution < 1.29 is 18.3 Å². The van der Waals surface area contributed by atoms with Crippen LogP contribution in [0.2, 0.25) is 0 Å². The van der Waals surface area contributed by atoms with Gasteiger partial charge in [-0.3, -0.25) is 4.79 Å². The summed E-state index contributed by atoms with van der Waals surface area (Å²) in [5, 5.41) is 22.1. The van der Waals surface area contributed by atoms with E-state index in [1.54, 1.807) is 32.4 Å². The lowest BCUT2D eigenvalue weighted by Crippen LogP contribution is -2.46. The molecule has 4 N–H and O–H groups in total. The van der Waals surface area contributed by atoms with Crippen LogP contribution < -0.4 is 5.73 Å². The van der Waals surface area contributed by atoms with E-state index in [2.05, 4.69) is 30.2 Å². The zero-order valence-corrected chi connectivity index (χ0v) is 22.4.